The largest absolute Gasteiger partial charge is 0.465 e. The lowest BCUT2D eigenvalue weighted by Gasteiger charge is -2.28. The molecule has 0 aromatic carbocycles. The molecule has 0 bridgehead atoms. The molecular formula is C25H46N2O4. The number of esters is 1. The number of rotatable bonds is 20. The Bertz CT molecular complexity index is 514. The molecule has 6 nitrogen and oxygen atoms in total. The van der Waals surface area contributed by atoms with E-state index in [0.29, 0.717) is 6.42 Å². The monoisotopic (exact) mass is 438 g/mol. The summed E-state index contributed by atoms with van der Waals surface area (Å²) in [6.45, 7) is 5.79. The SMILES string of the molecule is CCCCCCCCCCCCCCCC(=O)OCC(C)(C)[C@@H](O)C(=O)NCCC#N. The lowest BCUT2D eigenvalue weighted by molar-refractivity contribution is -0.153. The number of aliphatic hydroxyl groups excluding tert-OH is 1. The summed E-state index contributed by atoms with van der Waals surface area (Å²) in [5.41, 5.74) is -0.887. The van der Waals surface area contributed by atoms with E-state index in [9.17, 15) is 14.7 Å². The summed E-state index contributed by atoms with van der Waals surface area (Å²) in [6, 6.07) is 1.93. The van der Waals surface area contributed by atoms with Crippen molar-refractivity contribution in [1.29, 1.82) is 5.26 Å². The van der Waals surface area contributed by atoms with Crippen LogP contribution in [0, 0.1) is 16.7 Å². The fraction of sp³-hybridized carbons (Fsp3) is 0.880. The van der Waals surface area contributed by atoms with Crippen LogP contribution in [-0.4, -0.2) is 36.2 Å². The first-order valence-electron chi connectivity index (χ1n) is 12.3. The molecular weight excluding hydrogens is 392 g/mol. The van der Waals surface area contributed by atoms with Crippen molar-refractivity contribution in [1.82, 2.24) is 5.32 Å². The van der Waals surface area contributed by atoms with Crippen LogP contribution in [0.1, 0.15) is 117 Å². The number of nitriles is 1. The van der Waals surface area contributed by atoms with Crippen molar-refractivity contribution in [3.63, 3.8) is 0 Å². The van der Waals surface area contributed by atoms with Gasteiger partial charge in [0.25, 0.3) is 0 Å². The molecule has 1 atom stereocenters. The fourth-order valence-electron chi connectivity index (χ4n) is 3.40. The van der Waals surface area contributed by atoms with Gasteiger partial charge in [0.2, 0.25) is 5.91 Å². The summed E-state index contributed by atoms with van der Waals surface area (Å²) in [5, 5.41) is 21.2. The fourth-order valence-corrected chi connectivity index (χ4v) is 3.40. The van der Waals surface area contributed by atoms with Gasteiger partial charge in [-0.1, -0.05) is 97.8 Å². The van der Waals surface area contributed by atoms with Gasteiger partial charge in [0.05, 0.1) is 19.1 Å². The molecule has 0 aliphatic rings. The van der Waals surface area contributed by atoms with Crippen molar-refractivity contribution in [3.05, 3.63) is 0 Å². The van der Waals surface area contributed by atoms with E-state index in [1.54, 1.807) is 13.8 Å². The number of ether oxygens (including phenoxy) is 1. The zero-order chi connectivity index (χ0) is 23.4. The number of amides is 1. The van der Waals surface area contributed by atoms with Gasteiger partial charge < -0.3 is 15.2 Å². The van der Waals surface area contributed by atoms with Gasteiger partial charge in [0, 0.05) is 18.4 Å². The molecule has 31 heavy (non-hydrogen) atoms. The van der Waals surface area contributed by atoms with Gasteiger partial charge in [0.1, 0.15) is 6.10 Å². The van der Waals surface area contributed by atoms with Gasteiger partial charge >= 0.3 is 5.97 Å². The highest BCUT2D eigenvalue weighted by atomic mass is 16.5. The third kappa shape index (κ3) is 16.7. The number of nitrogens with zero attached hydrogens (tertiary/aromatic N) is 1. The highest BCUT2D eigenvalue weighted by molar-refractivity contribution is 5.81. The Hall–Kier alpha value is -1.61. The molecule has 0 aromatic heterocycles. The topological polar surface area (TPSA) is 99.4 Å². The van der Waals surface area contributed by atoms with Crippen LogP contribution in [0.2, 0.25) is 0 Å². The third-order valence-corrected chi connectivity index (χ3v) is 5.61. The second-order valence-electron chi connectivity index (χ2n) is 9.24. The quantitative estimate of drug-likeness (QED) is 0.195. The van der Waals surface area contributed by atoms with Crippen LogP contribution in [0.15, 0.2) is 0 Å². The Morgan fingerprint density at radius 1 is 0.935 bits per heavy atom. The molecule has 1 amide bonds. The Balaban J connectivity index is 3.68. The first-order valence-corrected chi connectivity index (χ1v) is 12.3. The Morgan fingerprint density at radius 2 is 1.42 bits per heavy atom. The maximum absolute atomic E-state index is 12.0. The van der Waals surface area contributed by atoms with E-state index >= 15 is 0 Å². The van der Waals surface area contributed by atoms with Gasteiger partial charge in [0.15, 0.2) is 0 Å². The maximum Gasteiger partial charge on any atom is 0.305 e. The molecule has 0 unspecified atom stereocenters. The second-order valence-corrected chi connectivity index (χ2v) is 9.24. The minimum atomic E-state index is -1.30. The zero-order valence-corrected chi connectivity index (χ0v) is 20.2. The number of carbonyl (C=O) groups is 2. The van der Waals surface area contributed by atoms with E-state index < -0.39 is 17.4 Å². The van der Waals surface area contributed by atoms with Crippen molar-refractivity contribution < 1.29 is 19.4 Å². The van der Waals surface area contributed by atoms with Crippen molar-refractivity contribution in [2.24, 2.45) is 5.41 Å². The molecule has 0 aromatic rings. The molecule has 0 rings (SSSR count). The number of aliphatic hydroxyl groups is 1. The van der Waals surface area contributed by atoms with E-state index in [4.69, 9.17) is 10.00 Å². The molecule has 0 fully saturated rings. The van der Waals surface area contributed by atoms with Crippen molar-refractivity contribution in [2.75, 3.05) is 13.2 Å². The predicted octanol–water partition coefficient (Wildman–Crippen LogP) is 5.43. The summed E-state index contributed by atoms with van der Waals surface area (Å²) in [6.07, 6.45) is 15.6. The van der Waals surface area contributed by atoms with Crippen molar-refractivity contribution in [3.8, 4) is 6.07 Å². The van der Waals surface area contributed by atoms with E-state index in [2.05, 4.69) is 12.2 Å². The van der Waals surface area contributed by atoms with Crippen LogP contribution in [0.3, 0.4) is 0 Å². The lowest BCUT2D eigenvalue weighted by atomic mass is 9.87. The lowest BCUT2D eigenvalue weighted by Crippen LogP contribution is -2.46. The van der Waals surface area contributed by atoms with Crippen LogP contribution in [0.4, 0.5) is 0 Å². The Kier molecular flexibility index (Phi) is 18.1. The molecule has 0 heterocycles. The van der Waals surface area contributed by atoms with Crippen molar-refractivity contribution >= 4 is 11.9 Å². The van der Waals surface area contributed by atoms with Crippen LogP contribution >= 0.6 is 0 Å². The first-order chi connectivity index (χ1) is 14.8. The smallest absolute Gasteiger partial charge is 0.305 e. The summed E-state index contributed by atoms with van der Waals surface area (Å²) in [5.74, 6) is -0.832. The highest BCUT2D eigenvalue weighted by Gasteiger charge is 2.34. The average molecular weight is 439 g/mol. The summed E-state index contributed by atoms with van der Waals surface area (Å²) < 4.78 is 5.28. The molecule has 0 saturated heterocycles. The van der Waals surface area contributed by atoms with E-state index in [0.717, 1.165) is 19.3 Å². The van der Waals surface area contributed by atoms with Crippen molar-refractivity contribution in [2.45, 2.75) is 123 Å². The third-order valence-electron chi connectivity index (χ3n) is 5.61. The van der Waals surface area contributed by atoms with E-state index in [-0.39, 0.29) is 25.5 Å². The van der Waals surface area contributed by atoms with E-state index in [1.165, 1.54) is 64.2 Å². The summed E-state index contributed by atoms with van der Waals surface area (Å²) in [4.78, 5) is 23.9. The molecule has 180 valence electrons. The standard InChI is InChI=1S/C25H46N2O4/c1-4-5-6-7-8-9-10-11-12-13-14-15-16-18-22(28)31-21-25(2,3)23(29)24(30)27-20-17-19-26/h23,29H,4-18,20-21H2,1-3H3,(H,27,30)/t23-/m0/s1. The molecule has 0 aliphatic carbocycles. The Labute approximate surface area is 190 Å². The van der Waals surface area contributed by atoms with Crippen LogP contribution < -0.4 is 5.32 Å². The minimum absolute atomic E-state index is 0.0168. The number of hydrogen-bond donors (Lipinski definition) is 2. The molecule has 0 radical (unpaired) electrons. The number of hydrogen-bond acceptors (Lipinski definition) is 5. The van der Waals surface area contributed by atoms with Crippen LogP contribution in [0.25, 0.3) is 0 Å². The van der Waals surface area contributed by atoms with E-state index in [1.807, 2.05) is 6.07 Å². The normalized spacial score (nSPS) is 12.2. The summed E-state index contributed by atoms with van der Waals surface area (Å²) >= 11 is 0. The molecule has 0 aliphatic heterocycles. The highest BCUT2D eigenvalue weighted by Crippen LogP contribution is 2.22. The van der Waals surface area contributed by atoms with Gasteiger partial charge in [-0.3, -0.25) is 9.59 Å². The number of nitrogens with one attached hydrogen (secondary N) is 1. The number of carbonyl (C=O) groups excluding carboxylic acids is 2. The summed E-state index contributed by atoms with van der Waals surface area (Å²) in [7, 11) is 0. The van der Waals surface area contributed by atoms with Gasteiger partial charge in [-0.15, -0.1) is 0 Å². The first kappa shape index (κ1) is 29.4. The molecule has 0 saturated carbocycles. The van der Waals surface area contributed by atoms with Gasteiger partial charge in [-0.25, -0.2) is 0 Å². The van der Waals surface area contributed by atoms with Crippen LogP contribution in [-0.2, 0) is 14.3 Å². The average Bonchev–Trinajstić information content (AvgIpc) is 2.75. The Morgan fingerprint density at radius 3 is 1.90 bits per heavy atom. The molecule has 6 heteroatoms. The molecule has 2 N–H and O–H groups in total. The molecule has 0 spiro atoms. The maximum atomic E-state index is 12.0. The second kappa shape index (κ2) is 19.1. The predicted molar refractivity (Wildman–Crippen MR) is 124 cm³/mol. The van der Waals surface area contributed by atoms with Crippen LogP contribution in [0.5, 0.6) is 0 Å². The minimum Gasteiger partial charge on any atom is -0.465 e. The number of unbranched alkanes of at least 4 members (excludes halogenated alkanes) is 12. The van der Waals surface area contributed by atoms with Gasteiger partial charge in [-0.2, -0.15) is 5.26 Å². The zero-order valence-electron chi connectivity index (χ0n) is 20.2. The van der Waals surface area contributed by atoms with Gasteiger partial charge in [-0.05, 0) is 6.42 Å².